The summed E-state index contributed by atoms with van der Waals surface area (Å²) < 4.78 is 12.8. The van der Waals surface area contributed by atoms with Gasteiger partial charge in [-0.1, -0.05) is 17.3 Å². The van der Waals surface area contributed by atoms with Gasteiger partial charge in [-0.15, -0.1) is 0 Å². The molecule has 20 heavy (non-hydrogen) atoms. The maximum atomic E-state index is 12.8. The summed E-state index contributed by atoms with van der Waals surface area (Å²) in [6.45, 7) is 5.75. The molecule has 1 unspecified atom stereocenters. The van der Waals surface area contributed by atoms with E-state index in [0.717, 1.165) is 11.3 Å². The first kappa shape index (κ1) is 14.5. The predicted molar refractivity (Wildman–Crippen MR) is 74.9 cm³/mol. The summed E-state index contributed by atoms with van der Waals surface area (Å²) in [5, 5.41) is 6.81. The number of oxime groups is 1. The van der Waals surface area contributed by atoms with E-state index in [0.29, 0.717) is 12.8 Å². The summed E-state index contributed by atoms with van der Waals surface area (Å²) in [4.78, 5) is 17.1. The second kappa shape index (κ2) is 5.61. The van der Waals surface area contributed by atoms with Crippen LogP contribution in [0.25, 0.3) is 0 Å². The predicted octanol–water partition coefficient (Wildman–Crippen LogP) is 2.43. The minimum absolute atomic E-state index is 0.157. The van der Waals surface area contributed by atoms with E-state index in [1.165, 1.54) is 12.1 Å². The highest BCUT2D eigenvalue weighted by atomic mass is 19.1. The summed E-state index contributed by atoms with van der Waals surface area (Å²) in [6, 6.07) is 6.24. The van der Waals surface area contributed by atoms with Crippen LogP contribution in [0.2, 0.25) is 0 Å². The maximum absolute atomic E-state index is 12.8. The van der Waals surface area contributed by atoms with E-state index in [1.807, 2.05) is 20.8 Å². The summed E-state index contributed by atoms with van der Waals surface area (Å²) in [7, 11) is 0. The fourth-order valence-electron chi connectivity index (χ4n) is 1.96. The van der Waals surface area contributed by atoms with Crippen LogP contribution in [0.1, 0.15) is 32.8 Å². The van der Waals surface area contributed by atoms with Crippen molar-refractivity contribution in [1.82, 2.24) is 5.32 Å². The Labute approximate surface area is 118 Å². The van der Waals surface area contributed by atoms with Crippen LogP contribution < -0.4 is 5.32 Å². The highest BCUT2D eigenvalue weighted by Gasteiger charge is 2.30. The summed E-state index contributed by atoms with van der Waals surface area (Å²) in [6.07, 6.45) is 0.475. The van der Waals surface area contributed by atoms with Crippen LogP contribution >= 0.6 is 0 Å². The molecule has 0 fully saturated rings. The summed E-state index contributed by atoms with van der Waals surface area (Å²) in [5.74, 6) is -0.420. The second-order valence-corrected chi connectivity index (χ2v) is 6.00. The molecule has 0 saturated heterocycles. The van der Waals surface area contributed by atoms with Gasteiger partial charge in [-0.05, 0) is 38.5 Å². The van der Waals surface area contributed by atoms with Gasteiger partial charge in [-0.25, -0.2) is 4.39 Å². The number of hydrogen-bond donors (Lipinski definition) is 1. The zero-order valence-corrected chi connectivity index (χ0v) is 11.9. The molecule has 1 atom stereocenters. The molecule has 1 aromatic rings. The Balaban J connectivity index is 1.89. The first-order valence-electron chi connectivity index (χ1n) is 6.61. The number of carbonyl (C=O) groups excluding carboxylic acids is 1. The number of nitrogens with one attached hydrogen (secondary N) is 1. The normalized spacial score (nSPS) is 18.4. The Hall–Kier alpha value is -1.91. The van der Waals surface area contributed by atoms with Crippen molar-refractivity contribution in [2.45, 2.75) is 45.3 Å². The van der Waals surface area contributed by atoms with Gasteiger partial charge in [0.1, 0.15) is 5.82 Å². The first-order chi connectivity index (χ1) is 9.33. The lowest BCUT2D eigenvalue weighted by atomic mass is 10.0. The van der Waals surface area contributed by atoms with Gasteiger partial charge in [0.05, 0.1) is 5.71 Å². The van der Waals surface area contributed by atoms with E-state index in [4.69, 9.17) is 4.84 Å². The molecule has 2 rings (SSSR count). The van der Waals surface area contributed by atoms with Gasteiger partial charge in [-0.3, -0.25) is 4.79 Å². The molecular formula is C15H19FN2O2. The number of halogens is 1. The maximum Gasteiger partial charge on any atom is 0.264 e. The van der Waals surface area contributed by atoms with E-state index in [-0.39, 0.29) is 17.3 Å². The third-order valence-electron chi connectivity index (χ3n) is 2.84. The molecule has 0 radical (unpaired) electrons. The van der Waals surface area contributed by atoms with Crippen LogP contribution in [0.4, 0.5) is 4.39 Å². The molecule has 1 N–H and O–H groups in total. The van der Waals surface area contributed by atoms with Crippen LogP contribution in [0, 0.1) is 5.82 Å². The fraction of sp³-hybridized carbons (Fsp3) is 0.467. The Morgan fingerprint density at radius 1 is 1.40 bits per heavy atom. The van der Waals surface area contributed by atoms with Crippen LogP contribution in [0.3, 0.4) is 0 Å². The molecule has 0 saturated carbocycles. The fourth-order valence-corrected chi connectivity index (χ4v) is 1.96. The Morgan fingerprint density at radius 2 is 2.05 bits per heavy atom. The van der Waals surface area contributed by atoms with Gasteiger partial charge in [0.2, 0.25) is 6.10 Å². The smallest absolute Gasteiger partial charge is 0.264 e. The molecule has 1 aromatic carbocycles. The van der Waals surface area contributed by atoms with Crippen LogP contribution in [0.15, 0.2) is 29.4 Å². The highest BCUT2D eigenvalue weighted by molar-refractivity contribution is 5.94. The van der Waals surface area contributed by atoms with Crippen LogP contribution in [0.5, 0.6) is 0 Å². The van der Waals surface area contributed by atoms with Gasteiger partial charge in [0.15, 0.2) is 0 Å². The van der Waals surface area contributed by atoms with Crippen molar-refractivity contribution in [3.05, 3.63) is 35.6 Å². The topological polar surface area (TPSA) is 50.7 Å². The number of hydrogen-bond acceptors (Lipinski definition) is 3. The lowest BCUT2D eigenvalue weighted by molar-refractivity contribution is -0.132. The average molecular weight is 278 g/mol. The molecule has 0 bridgehead atoms. The molecule has 4 nitrogen and oxygen atoms in total. The van der Waals surface area contributed by atoms with Gasteiger partial charge >= 0.3 is 0 Å². The number of nitrogens with zero attached hydrogens (tertiary/aromatic N) is 1. The summed E-state index contributed by atoms with van der Waals surface area (Å²) in [5.41, 5.74) is 1.46. The Morgan fingerprint density at radius 3 is 2.65 bits per heavy atom. The first-order valence-corrected chi connectivity index (χ1v) is 6.61. The van der Waals surface area contributed by atoms with Crippen molar-refractivity contribution in [3.63, 3.8) is 0 Å². The van der Waals surface area contributed by atoms with Crippen molar-refractivity contribution < 1.29 is 14.0 Å². The van der Waals surface area contributed by atoms with Crippen molar-refractivity contribution in [3.8, 4) is 0 Å². The lowest BCUT2D eigenvalue weighted by Gasteiger charge is -2.22. The van der Waals surface area contributed by atoms with E-state index in [1.54, 1.807) is 12.1 Å². The average Bonchev–Trinajstić information content (AvgIpc) is 2.79. The second-order valence-electron chi connectivity index (χ2n) is 6.00. The molecule has 0 aromatic heterocycles. The molecular weight excluding hydrogens is 259 g/mol. The summed E-state index contributed by atoms with van der Waals surface area (Å²) >= 11 is 0. The minimum Gasteiger partial charge on any atom is -0.382 e. The van der Waals surface area contributed by atoms with Gasteiger partial charge in [-0.2, -0.15) is 0 Å². The quantitative estimate of drug-likeness (QED) is 0.923. The molecule has 5 heteroatoms. The molecule has 1 amide bonds. The molecule has 1 heterocycles. The monoisotopic (exact) mass is 278 g/mol. The van der Waals surface area contributed by atoms with Crippen molar-refractivity contribution in [1.29, 1.82) is 0 Å². The standard InChI is InChI=1S/C15H19FN2O2/c1-15(2,3)17-14(19)13-9-12(18-20-13)8-10-4-6-11(16)7-5-10/h4-7,13H,8-9H2,1-3H3,(H,17,19). The van der Waals surface area contributed by atoms with Crippen molar-refractivity contribution in [2.75, 3.05) is 0 Å². The molecule has 0 aliphatic carbocycles. The number of benzene rings is 1. The third kappa shape index (κ3) is 4.05. The largest absolute Gasteiger partial charge is 0.382 e. The van der Waals surface area contributed by atoms with Crippen LogP contribution in [-0.2, 0) is 16.1 Å². The Bertz CT molecular complexity index is 518. The highest BCUT2D eigenvalue weighted by Crippen LogP contribution is 2.16. The number of amides is 1. The van der Waals surface area contributed by atoms with Gasteiger partial charge in [0.25, 0.3) is 5.91 Å². The number of rotatable bonds is 3. The van der Waals surface area contributed by atoms with Crippen LogP contribution in [-0.4, -0.2) is 23.3 Å². The van der Waals surface area contributed by atoms with E-state index in [2.05, 4.69) is 10.5 Å². The van der Waals surface area contributed by atoms with Gasteiger partial charge < -0.3 is 10.2 Å². The molecule has 108 valence electrons. The van der Waals surface area contributed by atoms with Crippen molar-refractivity contribution >= 4 is 11.6 Å². The Kier molecular flexibility index (Phi) is 4.06. The third-order valence-corrected chi connectivity index (χ3v) is 2.84. The van der Waals surface area contributed by atoms with Gasteiger partial charge in [0, 0.05) is 18.4 Å². The van der Waals surface area contributed by atoms with E-state index >= 15 is 0 Å². The molecule has 0 spiro atoms. The number of carbonyl (C=O) groups is 1. The van der Waals surface area contributed by atoms with Crippen molar-refractivity contribution in [2.24, 2.45) is 5.16 Å². The zero-order chi connectivity index (χ0) is 14.8. The van der Waals surface area contributed by atoms with E-state index < -0.39 is 6.10 Å². The minimum atomic E-state index is -0.565. The van der Waals surface area contributed by atoms with E-state index in [9.17, 15) is 9.18 Å². The lowest BCUT2D eigenvalue weighted by Crippen LogP contribution is -2.45. The molecule has 1 aliphatic heterocycles. The molecule has 1 aliphatic rings. The zero-order valence-electron chi connectivity index (χ0n) is 11.9. The SMILES string of the molecule is CC(C)(C)NC(=O)C1CC(Cc2ccc(F)cc2)=NO1.